The van der Waals surface area contributed by atoms with Crippen molar-refractivity contribution in [2.24, 2.45) is 0 Å². The van der Waals surface area contributed by atoms with Gasteiger partial charge in [-0.15, -0.1) is 0 Å². The molecule has 0 spiro atoms. The average molecular weight is 343 g/mol. The number of carbonyl (C=O) groups is 1. The monoisotopic (exact) mass is 343 g/mol. The normalized spacial score (nSPS) is 19.7. The molecule has 1 N–H and O–H groups in total. The van der Waals surface area contributed by atoms with Gasteiger partial charge in [-0.3, -0.25) is 4.79 Å². The van der Waals surface area contributed by atoms with Gasteiger partial charge in [-0.2, -0.15) is 0 Å². The highest BCUT2D eigenvalue weighted by Gasteiger charge is 2.30. The van der Waals surface area contributed by atoms with Crippen molar-refractivity contribution >= 4 is 15.7 Å². The van der Waals surface area contributed by atoms with Crippen LogP contribution in [0.1, 0.15) is 38.3 Å². The van der Waals surface area contributed by atoms with Crippen LogP contribution in [-0.2, 0) is 19.4 Å². The molecule has 1 aromatic carbocycles. The van der Waals surface area contributed by atoms with Gasteiger partial charge in [0.05, 0.1) is 17.4 Å². The van der Waals surface area contributed by atoms with Crippen molar-refractivity contribution in [3.8, 4) is 0 Å². The molecule has 1 aliphatic heterocycles. The van der Waals surface area contributed by atoms with E-state index in [1.54, 1.807) is 26.0 Å². The molecule has 0 bridgehead atoms. The maximum absolute atomic E-state index is 13.1. The summed E-state index contributed by atoms with van der Waals surface area (Å²) in [7, 11) is -3.47. The van der Waals surface area contributed by atoms with E-state index >= 15 is 0 Å². The zero-order chi connectivity index (χ0) is 17.0. The van der Waals surface area contributed by atoms with Gasteiger partial charge in [0, 0.05) is 6.61 Å². The molecule has 0 aromatic heterocycles. The molecule has 1 heterocycles. The molecule has 2 rings (SSSR count). The molecule has 0 saturated carbocycles. The molecule has 5 nitrogen and oxygen atoms in total. The van der Waals surface area contributed by atoms with Gasteiger partial charge in [-0.05, 0) is 44.4 Å². The number of sulfone groups is 1. The largest absolute Gasteiger partial charge is 0.376 e. The van der Waals surface area contributed by atoms with Crippen molar-refractivity contribution in [1.82, 2.24) is 5.32 Å². The standard InChI is InChI=1S/C16H22FNO4S/c1-11(2)23(20,21)10-15(19)18-16(14-4-3-9-22-14)12-5-7-13(17)8-6-12/h5-8,11,14,16H,3-4,9-10H2,1-2H3,(H,18,19). The molecule has 23 heavy (non-hydrogen) atoms. The third-order valence-corrected chi connectivity index (χ3v) is 6.03. The van der Waals surface area contributed by atoms with Crippen LogP contribution in [0.25, 0.3) is 0 Å². The summed E-state index contributed by atoms with van der Waals surface area (Å²) >= 11 is 0. The van der Waals surface area contributed by atoms with Gasteiger partial charge in [0.1, 0.15) is 11.6 Å². The van der Waals surface area contributed by atoms with Gasteiger partial charge in [-0.1, -0.05) is 12.1 Å². The van der Waals surface area contributed by atoms with Crippen LogP contribution in [-0.4, -0.2) is 38.0 Å². The van der Waals surface area contributed by atoms with Gasteiger partial charge in [0.25, 0.3) is 0 Å². The predicted molar refractivity (Wildman–Crippen MR) is 85.2 cm³/mol. The smallest absolute Gasteiger partial charge is 0.235 e. The molecule has 1 aromatic rings. The van der Waals surface area contributed by atoms with Crippen LogP contribution in [0.4, 0.5) is 4.39 Å². The highest BCUT2D eigenvalue weighted by Crippen LogP contribution is 2.27. The number of hydrogen-bond acceptors (Lipinski definition) is 4. The number of halogens is 1. The van der Waals surface area contributed by atoms with Gasteiger partial charge in [-0.25, -0.2) is 12.8 Å². The second kappa shape index (κ2) is 7.40. The van der Waals surface area contributed by atoms with E-state index in [1.807, 2.05) is 0 Å². The van der Waals surface area contributed by atoms with Crippen LogP contribution in [0, 0.1) is 5.82 Å². The highest BCUT2D eigenvalue weighted by atomic mass is 32.2. The summed E-state index contributed by atoms with van der Waals surface area (Å²) in [4.78, 5) is 12.2. The number of rotatable bonds is 6. The second-order valence-corrected chi connectivity index (χ2v) is 8.56. The van der Waals surface area contributed by atoms with E-state index in [4.69, 9.17) is 4.74 Å². The van der Waals surface area contributed by atoms with Crippen LogP contribution in [0.5, 0.6) is 0 Å². The third kappa shape index (κ3) is 4.75. The van der Waals surface area contributed by atoms with Crippen LogP contribution in [0.3, 0.4) is 0 Å². The first-order valence-corrected chi connectivity index (χ1v) is 9.39. The Morgan fingerprint density at radius 1 is 1.35 bits per heavy atom. The van der Waals surface area contributed by atoms with Crippen LogP contribution in [0.2, 0.25) is 0 Å². The summed E-state index contributed by atoms with van der Waals surface area (Å²) in [5.41, 5.74) is 0.702. The minimum absolute atomic E-state index is 0.230. The van der Waals surface area contributed by atoms with Gasteiger partial charge in [0.15, 0.2) is 9.84 Å². The Labute approximate surface area is 136 Å². The number of nitrogens with one attached hydrogen (secondary N) is 1. The van der Waals surface area contributed by atoms with E-state index in [9.17, 15) is 17.6 Å². The average Bonchev–Trinajstić information content (AvgIpc) is 2.99. The Hall–Kier alpha value is -1.47. The summed E-state index contributed by atoms with van der Waals surface area (Å²) in [5, 5.41) is 2.13. The molecule has 128 valence electrons. The second-order valence-electron chi connectivity index (χ2n) is 6.00. The molecule has 1 amide bonds. The van der Waals surface area contributed by atoms with Crippen molar-refractivity contribution in [2.75, 3.05) is 12.4 Å². The van der Waals surface area contributed by atoms with Crippen molar-refractivity contribution < 1.29 is 22.3 Å². The fourth-order valence-corrected chi connectivity index (χ4v) is 3.27. The quantitative estimate of drug-likeness (QED) is 0.857. The molecular weight excluding hydrogens is 321 g/mol. The maximum Gasteiger partial charge on any atom is 0.235 e. The minimum Gasteiger partial charge on any atom is -0.376 e. The Morgan fingerprint density at radius 3 is 2.52 bits per heavy atom. The van der Waals surface area contributed by atoms with E-state index in [-0.39, 0.29) is 11.9 Å². The van der Waals surface area contributed by atoms with Crippen molar-refractivity contribution in [3.63, 3.8) is 0 Å². The first-order chi connectivity index (χ1) is 10.8. The lowest BCUT2D eigenvalue weighted by atomic mass is 9.99. The van der Waals surface area contributed by atoms with Crippen LogP contribution < -0.4 is 5.32 Å². The Kier molecular flexibility index (Phi) is 5.75. The SMILES string of the molecule is CC(C)S(=O)(=O)CC(=O)NC(c1ccc(F)cc1)C1CCCO1. The maximum atomic E-state index is 13.1. The highest BCUT2D eigenvalue weighted by molar-refractivity contribution is 7.92. The number of hydrogen-bond donors (Lipinski definition) is 1. The molecule has 1 saturated heterocycles. The van der Waals surface area contributed by atoms with Gasteiger partial charge < -0.3 is 10.1 Å². The summed E-state index contributed by atoms with van der Waals surface area (Å²) < 4.78 is 42.5. The van der Waals surface area contributed by atoms with Crippen molar-refractivity contribution in [2.45, 2.75) is 44.1 Å². The zero-order valence-corrected chi connectivity index (χ0v) is 14.1. The van der Waals surface area contributed by atoms with Crippen LogP contribution in [0.15, 0.2) is 24.3 Å². The summed E-state index contributed by atoms with van der Waals surface area (Å²) in [5.74, 6) is -1.49. The van der Waals surface area contributed by atoms with Crippen molar-refractivity contribution in [3.05, 3.63) is 35.6 Å². The zero-order valence-electron chi connectivity index (χ0n) is 13.3. The summed E-state index contributed by atoms with van der Waals surface area (Å²) in [6.45, 7) is 3.68. The molecular formula is C16H22FNO4S. The first-order valence-electron chi connectivity index (χ1n) is 7.67. The Balaban J connectivity index is 2.15. The molecule has 1 fully saturated rings. The minimum atomic E-state index is -3.47. The summed E-state index contributed by atoms with van der Waals surface area (Å²) in [6.07, 6.45) is 1.41. The fraction of sp³-hybridized carbons (Fsp3) is 0.562. The van der Waals surface area contributed by atoms with E-state index in [1.165, 1.54) is 12.1 Å². The fourth-order valence-electron chi connectivity index (χ4n) is 2.49. The van der Waals surface area contributed by atoms with E-state index in [0.717, 1.165) is 12.8 Å². The number of amides is 1. The van der Waals surface area contributed by atoms with E-state index in [0.29, 0.717) is 12.2 Å². The topological polar surface area (TPSA) is 72.5 Å². The molecule has 1 aliphatic rings. The molecule has 0 radical (unpaired) electrons. The van der Waals surface area contributed by atoms with Crippen LogP contribution >= 0.6 is 0 Å². The number of carbonyl (C=O) groups excluding carboxylic acids is 1. The lowest BCUT2D eigenvalue weighted by Crippen LogP contribution is -2.40. The molecule has 0 aliphatic carbocycles. The lowest BCUT2D eigenvalue weighted by Gasteiger charge is -2.25. The Morgan fingerprint density at radius 2 is 2.00 bits per heavy atom. The van der Waals surface area contributed by atoms with Crippen molar-refractivity contribution in [1.29, 1.82) is 0 Å². The number of ether oxygens (including phenoxy) is 1. The molecule has 2 unspecified atom stereocenters. The lowest BCUT2D eigenvalue weighted by molar-refractivity contribution is -0.120. The molecule has 7 heteroatoms. The Bertz CT molecular complexity index is 637. The van der Waals surface area contributed by atoms with E-state index in [2.05, 4.69) is 5.32 Å². The van der Waals surface area contributed by atoms with E-state index < -0.39 is 32.8 Å². The predicted octanol–water partition coefficient (Wildman–Crippen LogP) is 1.99. The molecule has 2 atom stereocenters. The first kappa shape index (κ1) is 17.9. The van der Waals surface area contributed by atoms with Gasteiger partial charge >= 0.3 is 0 Å². The number of benzene rings is 1. The van der Waals surface area contributed by atoms with Gasteiger partial charge in [0.2, 0.25) is 5.91 Å². The third-order valence-electron chi connectivity index (χ3n) is 3.93. The summed E-state index contributed by atoms with van der Waals surface area (Å²) in [6, 6.07) is 5.31.